The summed E-state index contributed by atoms with van der Waals surface area (Å²) < 4.78 is -0.210. The molecule has 0 bridgehead atoms. The lowest BCUT2D eigenvalue weighted by molar-refractivity contribution is -1.01. The summed E-state index contributed by atoms with van der Waals surface area (Å²) in [6.45, 7) is 8.20. The van der Waals surface area contributed by atoms with Crippen LogP contribution in [0.5, 0.6) is 0 Å². The number of nitrogens with one attached hydrogen (secondary N) is 2. The van der Waals surface area contributed by atoms with Crippen LogP contribution in [0.25, 0.3) is 21.7 Å². The first-order valence-corrected chi connectivity index (χ1v) is 10.5. The number of hydroxylamine groups is 3. The minimum absolute atomic E-state index is 0.0146. The average Bonchev–Trinajstić information content (AvgIpc) is 3.33. The van der Waals surface area contributed by atoms with Crippen LogP contribution < -0.4 is 5.32 Å². The van der Waals surface area contributed by atoms with Gasteiger partial charge in [0.1, 0.15) is 24.5 Å². The van der Waals surface area contributed by atoms with Crippen molar-refractivity contribution in [1.82, 2.24) is 20.3 Å². The Hall–Kier alpha value is -2.62. The Labute approximate surface area is 179 Å². The lowest BCUT2D eigenvalue weighted by Crippen LogP contribution is -2.43. The number of rotatable bonds is 5. The molecule has 9 heteroatoms. The Morgan fingerprint density at radius 3 is 2.60 bits per heavy atom. The second-order valence-electron chi connectivity index (χ2n) is 8.72. The average molecular weight is 431 g/mol. The van der Waals surface area contributed by atoms with Gasteiger partial charge in [-0.2, -0.15) is 4.84 Å². The van der Waals surface area contributed by atoms with Crippen LogP contribution in [0, 0.1) is 5.41 Å². The van der Waals surface area contributed by atoms with Crippen molar-refractivity contribution in [3.05, 3.63) is 35.0 Å². The molecule has 0 radical (unpaired) electrons. The zero-order valence-corrected chi connectivity index (χ0v) is 19.2. The quantitative estimate of drug-likeness (QED) is 0.476. The number of carbonyl (C=O) groups is 2. The second kappa shape index (κ2) is 7.90. The fourth-order valence-corrected chi connectivity index (χ4v) is 3.63. The number of carbonyl (C=O) groups excluding carboxylic acids is 2. The Bertz CT molecular complexity index is 1090. The molecule has 3 aromatic heterocycles. The molecule has 0 aromatic carbocycles. The standard InChI is InChI=1S/C21H27N5O3S/c1-12(21(2,3)4)24-19(27)13-10-22-18-17(13)25-14(11-23-18)15-8-9-16(30-15)20(28)26(5,6)29-7/h8-12H,1-7H3,(H-,22,23,24,25,27,28)/p+1/t12-/m0/s1. The number of amides is 2. The highest BCUT2D eigenvalue weighted by Crippen LogP contribution is 2.29. The molecule has 0 aliphatic heterocycles. The summed E-state index contributed by atoms with van der Waals surface area (Å²) >= 11 is 1.32. The smallest absolute Gasteiger partial charge is 0.349 e. The van der Waals surface area contributed by atoms with Crippen LogP contribution in [0.4, 0.5) is 0 Å². The molecule has 0 spiro atoms. The number of H-pyrrole nitrogens is 1. The van der Waals surface area contributed by atoms with Crippen LogP contribution in [0.2, 0.25) is 0 Å². The highest BCUT2D eigenvalue weighted by Gasteiger charge is 2.31. The van der Waals surface area contributed by atoms with Crippen molar-refractivity contribution >= 4 is 34.3 Å². The fraction of sp³-hybridized carbons (Fsp3) is 0.429. The molecule has 30 heavy (non-hydrogen) atoms. The van der Waals surface area contributed by atoms with Crippen LogP contribution in [-0.2, 0) is 4.84 Å². The van der Waals surface area contributed by atoms with Crippen LogP contribution >= 0.6 is 11.3 Å². The molecule has 0 aliphatic carbocycles. The number of aromatic amines is 1. The maximum absolute atomic E-state index is 12.8. The molecule has 160 valence electrons. The molecule has 0 saturated heterocycles. The van der Waals surface area contributed by atoms with Gasteiger partial charge in [0.2, 0.25) is 0 Å². The van der Waals surface area contributed by atoms with Gasteiger partial charge in [0, 0.05) is 12.2 Å². The van der Waals surface area contributed by atoms with E-state index in [2.05, 4.69) is 41.0 Å². The number of hydrogen-bond donors (Lipinski definition) is 2. The molecule has 3 heterocycles. The van der Waals surface area contributed by atoms with Crippen LogP contribution in [0.1, 0.15) is 47.7 Å². The van der Waals surface area contributed by atoms with Crippen molar-refractivity contribution in [2.45, 2.75) is 33.7 Å². The summed E-state index contributed by atoms with van der Waals surface area (Å²) in [6, 6.07) is 3.57. The highest BCUT2D eigenvalue weighted by atomic mass is 32.1. The summed E-state index contributed by atoms with van der Waals surface area (Å²) in [5.41, 5.74) is 2.03. The van der Waals surface area contributed by atoms with Crippen molar-refractivity contribution in [1.29, 1.82) is 0 Å². The Balaban J connectivity index is 1.92. The van der Waals surface area contributed by atoms with Gasteiger partial charge < -0.3 is 10.3 Å². The van der Waals surface area contributed by atoms with E-state index in [0.717, 1.165) is 4.88 Å². The zero-order valence-electron chi connectivity index (χ0n) is 18.4. The first kappa shape index (κ1) is 22.1. The van der Waals surface area contributed by atoms with E-state index in [1.807, 2.05) is 13.0 Å². The summed E-state index contributed by atoms with van der Waals surface area (Å²) in [5.74, 6) is -0.350. The molecule has 3 rings (SSSR count). The number of fused-ring (bicyclic) bond motifs is 1. The lowest BCUT2D eigenvalue weighted by Gasteiger charge is -2.27. The number of quaternary nitrogens is 1. The molecule has 2 amide bonds. The predicted molar refractivity (Wildman–Crippen MR) is 117 cm³/mol. The number of thiophene rings is 1. The van der Waals surface area contributed by atoms with E-state index in [1.165, 1.54) is 18.4 Å². The zero-order chi connectivity index (χ0) is 22.3. The number of hydrogen-bond acceptors (Lipinski definition) is 6. The number of nitrogens with zero attached hydrogens (tertiary/aromatic N) is 3. The van der Waals surface area contributed by atoms with E-state index in [0.29, 0.717) is 27.3 Å². The van der Waals surface area contributed by atoms with Crippen molar-refractivity contribution in [2.75, 3.05) is 21.2 Å². The molecular weight excluding hydrogens is 402 g/mol. The van der Waals surface area contributed by atoms with Crippen molar-refractivity contribution < 1.29 is 19.1 Å². The van der Waals surface area contributed by atoms with Gasteiger partial charge in [0.15, 0.2) is 5.65 Å². The van der Waals surface area contributed by atoms with Gasteiger partial charge in [-0.1, -0.05) is 20.8 Å². The fourth-order valence-electron chi connectivity index (χ4n) is 2.61. The Kier molecular flexibility index (Phi) is 5.81. The Morgan fingerprint density at radius 2 is 1.97 bits per heavy atom. The second-order valence-corrected chi connectivity index (χ2v) is 9.80. The van der Waals surface area contributed by atoms with E-state index in [9.17, 15) is 9.59 Å². The lowest BCUT2D eigenvalue weighted by atomic mass is 9.88. The van der Waals surface area contributed by atoms with Crippen LogP contribution in [-0.4, -0.2) is 58.7 Å². The molecule has 3 aromatic rings. The first-order valence-electron chi connectivity index (χ1n) is 9.64. The Morgan fingerprint density at radius 1 is 1.27 bits per heavy atom. The van der Waals surface area contributed by atoms with E-state index < -0.39 is 0 Å². The summed E-state index contributed by atoms with van der Waals surface area (Å²) in [6.07, 6.45) is 3.26. The van der Waals surface area contributed by atoms with Gasteiger partial charge in [0.25, 0.3) is 5.91 Å². The number of aromatic nitrogens is 3. The minimum Gasteiger partial charge on any atom is -0.349 e. The predicted octanol–water partition coefficient (Wildman–Crippen LogP) is 3.63. The summed E-state index contributed by atoms with van der Waals surface area (Å²) in [7, 11) is 4.85. The first-order chi connectivity index (χ1) is 13.9. The van der Waals surface area contributed by atoms with Crippen molar-refractivity contribution in [3.63, 3.8) is 0 Å². The highest BCUT2D eigenvalue weighted by molar-refractivity contribution is 7.17. The third-order valence-corrected chi connectivity index (χ3v) is 6.38. The van der Waals surface area contributed by atoms with Gasteiger partial charge in [-0.05, 0) is 24.5 Å². The molecular formula is C21H28N5O3S+. The summed E-state index contributed by atoms with van der Waals surface area (Å²) in [5, 5.41) is 3.03. The molecule has 0 aliphatic rings. The van der Waals surface area contributed by atoms with Crippen LogP contribution in [0.3, 0.4) is 0 Å². The maximum Gasteiger partial charge on any atom is 0.387 e. The van der Waals surface area contributed by atoms with E-state index >= 15 is 0 Å². The minimum atomic E-state index is -0.210. The molecule has 0 unspecified atom stereocenters. The van der Waals surface area contributed by atoms with E-state index in [-0.39, 0.29) is 27.9 Å². The van der Waals surface area contributed by atoms with Crippen LogP contribution in [0.15, 0.2) is 24.5 Å². The van der Waals surface area contributed by atoms with Crippen molar-refractivity contribution in [2.24, 2.45) is 5.41 Å². The molecule has 0 saturated carbocycles. The topological polar surface area (TPSA) is 97.0 Å². The molecule has 8 nitrogen and oxygen atoms in total. The largest absolute Gasteiger partial charge is 0.387 e. The molecule has 1 atom stereocenters. The van der Waals surface area contributed by atoms with Gasteiger partial charge >= 0.3 is 5.91 Å². The van der Waals surface area contributed by atoms with Gasteiger partial charge in [-0.15, -0.1) is 16.0 Å². The monoisotopic (exact) mass is 430 g/mol. The maximum atomic E-state index is 12.8. The molecule has 0 fully saturated rings. The SMILES string of the molecule is CO[N+](C)(C)C(=O)c1ccc(-c2cnc3[nH]cc(C(=O)N[C@@H](C)C(C)(C)C)c3n2)s1. The van der Waals surface area contributed by atoms with Gasteiger partial charge in [0.05, 0.1) is 29.4 Å². The van der Waals surface area contributed by atoms with Gasteiger partial charge in [-0.3, -0.25) is 4.79 Å². The third kappa shape index (κ3) is 4.28. The van der Waals surface area contributed by atoms with Gasteiger partial charge in [-0.25, -0.2) is 14.8 Å². The van der Waals surface area contributed by atoms with E-state index in [4.69, 9.17) is 4.84 Å². The normalized spacial score (nSPS) is 13.4. The van der Waals surface area contributed by atoms with Crippen molar-refractivity contribution in [3.8, 4) is 10.6 Å². The summed E-state index contributed by atoms with van der Waals surface area (Å²) in [4.78, 5) is 44.1. The molecule has 2 N–H and O–H groups in total. The van der Waals surface area contributed by atoms with E-state index in [1.54, 1.807) is 32.6 Å². The third-order valence-electron chi connectivity index (χ3n) is 5.29.